The second-order valence-corrected chi connectivity index (χ2v) is 5.07. The Morgan fingerprint density at radius 2 is 2.05 bits per heavy atom. The molecule has 1 heterocycles. The molecule has 2 aromatic carbocycles. The predicted octanol–water partition coefficient (Wildman–Crippen LogP) is 3.49. The van der Waals surface area contributed by atoms with Gasteiger partial charge in [-0.05, 0) is 24.6 Å². The van der Waals surface area contributed by atoms with Crippen molar-refractivity contribution in [3.05, 3.63) is 75.6 Å². The lowest BCUT2D eigenvalue weighted by atomic mass is 10.1. The monoisotopic (exact) mass is 294 g/mol. The van der Waals surface area contributed by atoms with E-state index in [4.69, 9.17) is 9.15 Å². The zero-order chi connectivity index (χ0) is 15.5. The lowest BCUT2D eigenvalue weighted by Gasteiger charge is -2.07. The third kappa shape index (κ3) is 2.76. The molecule has 22 heavy (non-hydrogen) atoms. The van der Waals surface area contributed by atoms with Crippen LogP contribution in [0.15, 0.2) is 57.9 Å². The van der Waals surface area contributed by atoms with Crippen molar-refractivity contribution in [1.29, 1.82) is 0 Å². The highest BCUT2D eigenvalue weighted by Crippen LogP contribution is 2.20. The van der Waals surface area contributed by atoms with Gasteiger partial charge in [0.2, 0.25) is 5.43 Å². The second-order valence-electron chi connectivity index (χ2n) is 5.07. The number of carbonyl (C=O) groups excluding carboxylic acids is 1. The van der Waals surface area contributed by atoms with E-state index in [-0.39, 0.29) is 11.0 Å². The Hall–Kier alpha value is -2.88. The predicted molar refractivity (Wildman–Crippen MR) is 83.4 cm³/mol. The van der Waals surface area contributed by atoms with Gasteiger partial charge in [-0.15, -0.1) is 0 Å². The standard InChI is InChI=1S/C18H14O4/c1-12-3-2-4-13(7-12)10-21-15-5-6-16-17(8-15)22-11-14(9-19)18(16)20/h2-9,11H,10H2,1H3. The molecule has 0 saturated carbocycles. The highest BCUT2D eigenvalue weighted by Gasteiger charge is 2.07. The van der Waals surface area contributed by atoms with Crippen LogP contribution in [0.25, 0.3) is 11.0 Å². The first-order valence-electron chi connectivity index (χ1n) is 6.86. The molecule has 0 unspecified atom stereocenters. The summed E-state index contributed by atoms with van der Waals surface area (Å²) >= 11 is 0. The molecule has 0 atom stereocenters. The summed E-state index contributed by atoms with van der Waals surface area (Å²) in [6.07, 6.45) is 1.66. The van der Waals surface area contributed by atoms with E-state index in [0.717, 1.165) is 5.56 Å². The maximum Gasteiger partial charge on any atom is 0.203 e. The number of aryl methyl sites for hydroxylation is 1. The summed E-state index contributed by atoms with van der Waals surface area (Å²) in [7, 11) is 0. The van der Waals surface area contributed by atoms with Crippen LogP contribution in [0.1, 0.15) is 21.5 Å². The molecule has 0 saturated heterocycles. The van der Waals surface area contributed by atoms with E-state index < -0.39 is 0 Å². The fourth-order valence-corrected chi connectivity index (χ4v) is 2.26. The molecule has 0 aliphatic heterocycles. The third-order valence-corrected chi connectivity index (χ3v) is 3.39. The Labute approximate surface area is 127 Å². The molecule has 0 fully saturated rings. The van der Waals surface area contributed by atoms with Crippen molar-refractivity contribution < 1.29 is 13.9 Å². The average molecular weight is 294 g/mol. The van der Waals surface area contributed by atoms with Gasteiger partial charge >= 0.3 is 0 Å². The Morgan fingerprint density at radius 3 is 2.82 bits per heavy atom. The van der Waals surface area contributed by atoms with Crippen LogP contribution in [0.3, 0.4) is 0 Å². The van der Waals surface area contributed by atoms with E-state index in [2.05, 4.69) is 6.07 Å². The number of fused-ring (bicyclic) bond motifs is 1. The summed E-state index contributed by atoms with van der Waals surface area (Å²) in [4.78, 5) is 22.7. The van der Waals surface area contributed by atoms with Gasteiger partial charge in [-0.2, -0.15) is 0 Å². The molecular weight excluding hydrogens is 280 g/mol. The molecule has 1 aromatic heterocycles. The minimum absolute atomic E-state index is 0.0147. The summed E-state index contributed by atoms with van der Waals surface area (Å²) < 4.78 is 11.0. The first-order chi connectivity index (χ1) is 10.7. The molecular formula is C18H14O4. The van der Waals surface area contributed by atoms with Crippen LogP contribution in [-0.4, -0.2) is 6.29 Å². The van der Waals surface area contributed by atoms with Crippen molar-refractivity contribution in [3.8, 4) is 5.75 Å². The van der Waals surface area contributed by atoms with Crippen LogP contribution >= 0.6 is 0 Å². The Kier molecular flexibility index (Phi) is 3.74. The molecule has 4 heteroatoms. The second kappa shape index (κ2) is 5.85. The molecule has 3 aromatic rings. The van der Waals surface area contributed by atoms with Crippen LogP contribution in [0.2, 0.25) is 0 Å². The van der Waals surface area contributed by atoms with Crippen LogP contribution in [0, 0.1) is 6.92 Å². The average Bonchev–Trinajstić information content (AvgIpc) is 2.53. The Balaban J connectivity index is 1.86. The van der Waals surface area contributed by atoms with Crippen molar-refractivity contribution in [2.45, 2.75) is 13.5 Å². The topological polar surface area (TPSA) is 56.5 Å². The number of aldehydes is 1. The largest absolute Gasteiger partial charge is 0.489 e. The smallest absolute Gasteiger partial charge is 0.203 e. The van der Waals surface area contributed by atoms with E-state index in [0.29, 0.717) is 29.6 Å². The highest BCUT2D eigenvalue weighted by atomic mass is 16.5. The summed E-state index contributed by atoms with van der Waals surface area (Å²) in [5, 5.41) is 0.368. The Bertz CT molecular complexity index is 893. The third-order valence-electron chi connectivity index (χ3n) is 3.39. The van der Waals surface area contributed by atoms with E-state index in [1.54, 1.807) is 18.2 Å². The fraction of sp³-hybridized carbons (Fsp3) is 0.111. The lowest BCUT2D eigenvalue weighted by molar-refractivity contribution is 0.112. The number of hydrogen-bond acceptors (Lipinski definition) is 4. The summed E-state index contributed by atoms with van der Waals surface area (Å²) in [6.45, 7) is 2.46. The van der Waals surface area contributed by atoms with Crippen LogP contribution in [0.4, 0.5) is 0 Å². The molecule has 0 N–H and O–H groups in total. The molecule has 0 aliphatic carbocycles. The molecule has 0 spiro atoms. The van der Waals surface area contributed by atoms with Gasteiger partial charge in [-0.25, -0.2) is 0 Å². The fourth-order valence-electron chi connectivity index (χ4n) is 2.26. The first-order valence-corrected chi connectivity index (χ1v) is 6.86. The van der Waals surface area contributed by atoms with Crippen molar-refractivity contribution in [1.82, 2.24) is 0 Å². The number of rotatable bonds is 4. The van der Waals surface area contributed by atoms with Crippen molar-refractivity contribution in [2.24, 2.45) is 0 Å². The number of hydrogen-bond donors (Lipinski definition) is 0. The minimum Gasteiger partial charge on any atom is -0.489 e. The lowest BCUT2D eigenvalue weighted by Crippen LogP contribution is -2.07. The molecule has 0 aliphatic rings. The van der Waals surface area contributed by atoms with Crippen molar-refractivity contribution in [2.75, 3.05) is 0 Å². The minimum atomic E-state index is -0.332. The van der Waals surface area contributed by atoms with Gasteiger partial charge in [0, 0.05) is 6.07 Å². The molecule has 3 rings (SSSR count). The van der Waals surface area contributed by atoms with Crippen LogP contribution in [0.5, 0.6) is 5.75 Å². The molecule has 110 valence electrons. The van der Waals surface area contributed by atoms with Crippen molar-refractivity contribution >= 4 is 17.3 Å². The maximum absolute atomic E-state index is 12.0. The maximum atomic E-state index is 12.0. The number of carbonyl (C=O) groups is 1. The van der Waals surface area contributed by atoms with Gasteiger partial charge in [0.05, 0.1) is 10.9 Å². The first kappa shape index (κ1) is 14.1. The van der Waals surface area contributed by atoms with Gasteiger partial charge in [0.1, 0.15) is 24.2 Å². The Morgan fingerprint density at radius 1 is 1.18 bits per heavy atom. The number of benzene rings is 2. The number of ether oxygens (including phenoxy) is 1. The quantitative estimate of drug-likeness (QED) is 0.691. The van der Waals surface area contributed by atoms with E-state index in [1.807, 2.05) is 25.1 Å². The van der Waals surface area contributed by atoms with Crippen LogP contribution < -0.4 is 10.2 Å². The van der Waals surface area contributed by atoms with Gasteiger partial charge in [0.25, 0.3) is 0 Å². The SMILES string of the molecule is Cc1cccc(COc2ccc3c(=O)c(C=O)coc3c2)c1. The van der Waals surface area contributed by atoms with Gasteiger partial charge < -0.3 is 9.15 Å². The van der Waals surface area contributed by atoms with Gasteiger partial charge in [-0.1, -0.05) is 29.8 Å². The normalized spacial score (nSPS) is 10.6. The zero-order valence-electron chi connectivity index (χ0n) is 12.0. The summed E-state index contributed by atoms with van der Waals surface area (Å²) in [6, 6.07) is 13.0. The van der Waals surface area contributed by atoms with Gasteiger partial charge in [0.15, 0.2) is 6.29 Å². The van der Waals surface area contributed by atoms with Crippen LogP contribution in [-0.2, 0) is 6.61 Å². The molecule has 0 bridgehead atoms. The molecule has 4 nitrogen and oxygen atoms in total. The van der Waals surface area contributed by atoms with E-state index in [9.17, 15) is 9.59 Å². The summed E-state index contributed by atoms with van der Waals surface area (Å²) in [5.41, 5.74) is 2.32. The zero-order valence-corrected chi connectivity index (χ0v) is 12.0. The van der Waals surface area contributed by atoms with Gasteiger partial charge in [-0.3, -0.25) is 9.59 Å². The highest BCUT2D eigenvalue weighted by molar-refractivity contribution is 5.84. The van der Waals surface area contributed by atoms with E-state index >= 15 is 0 Å². The summed E-state index contributed by atoms with van der Waals surface area (Å²) in [5.74, 6) is 0.607. The van der Waals surface area contributed by atoms with Crippen molar-refractivity contribution in [3.63, 3.8) is 0 Å². The molecule has 0 radical (unpaired) electrons. The van der Waals surface area contributed by atoms with E-state index in [1.165, 1.54) is 11.8 Å². The molecule has 0 amide bonds.